The summed E-state index contributed by atoms with van der Waals surface area (Å²) in [6, 6.07) is 11.3. The molecule has 7 nitrogen and oxygen atoms in total. The lowest BCUT2D eigenvalue weighted by Crippen LogP contribution is -2.39. The third-order valence-corrected chi connectivity index (χ3v) is 5.82. The topological polar surface area (TPSA) is 84.7 Å². The summed E-state index contributed by atoms with van der Waals surface area (Å²) in [6.45, 7) is 0. The number of nitrogens with zero attached hydrogens (tertiary/aromatic N) is 2. The zero-order valence-electron chi connectivity index (χ0n) is 17.9. The van der Waals surface area contributed by atoms with Crippen LogP contribution in [0.5, 0.6) is 5.75 Å². The molecule has 2 heterocycles. The highest BCUT2D eigenvalue weighted by Crippen LogP contribution is 2.30. The average Bonchev–Trinajstić information content (AvgIpc) is 3.26. The molecule has 4 rings (SSSR count). The van der Waals surface area contributed by atoms with E-state index in [-0.39, 0.29) is 35.2 Å². The third-order valence-electron chi connectivity index (χ3n) is 5.82. The van der Waals surface area contributed by atoms with Gasteiger partial charge in [-0.15, -0.1) is 0 Å². The lowest BCUT2D eigenvalue weighted by molar-refractivity contribution is -0.140. The maximum absolute atomic E-state index is 13.0. The molecular weight excluding hydrogens is 437 g/mol. The minimum absolute atomic E-state index is 0.0462. The van der Waals surface area contributed by atoms with E-state index in [1.165, 1.54) is 16.5 Å². The van der Waals surface area contributed by atoms with Crippen molar-refractivity contribution in [2.45, 2.75) is 37.9 Å². The zero-order chi connectivity index (χ0) is 23.6. The van der Waals surface area contributed by atoms with Crippen LogP contribution in [0, 0.1) is 5.92 Å². The fraction of sp³-hybridized carbons (Fsp3) is 0.348. The second-order valence-corrected chi connectivity index (χ2v) is 8.00. The van der Waals surface area contributed by atoms with E-state index < -0.39 is 11.9 Å². The number of ether oxygens (including phenoxy) is 1. The Balaban J connectivity index is 1.34. The molecule has 0 saturated heterocycles. The smallest absolute Gasteiger partial charge is 0.434 e. The van der Waals surface area contributed by atoms with Crippen molar-refractivity contribution in [3.05, 3.63) is 59.9 Å². The van der Waals surface area contributed by atoms with Gasteiger partial charge in [-0.25, -0.2) is 4.98 Å². The molecule has 1 aliphatic rings. The van der Waals surface area contributed by atoms with Crippen LogP contribution in [0.1, 0.15) is 41.7 Å². The second kappa shape index (κ2) is 9.13. The first-order valence-electron chi connectivity index (χ1n) is 10.6. The highest BCUT2D eigenvalue weighted by Gasteiger charge is 2.34. The van der Waals surface area contributed by atoms with E-state index in [1.54, 1.807) is 37.4 Å². The van der Waals surface area contributed by atoms with Crippen LogP contribution in [0.25, 0.3) is 5.65 Å². The number of halogens is 3. The number of benzene rings is 1. The van der Waals surface area contributed by atoms with Crippen molar-refractivity contribution in [2.24, 2.45) is 5.92 Å². The van der Waals surface area contributed by atoms with Gasteiger partial charge >= 0.3 is 6.18 Å². The molecule has 3 aromatic rings. The van der Waals surface area contributed by atoms with Crippen LogP contribution in [0.4, 0.5) is 19.0 Å². The van der Waals surface area contributed by atoms with Crippen LogP contribution in [-0.4, -0.2) is 34.4 Å². The van der Waals surface area contributed by atoms with Gasteiger partial charge in [0.05, 0.1) is 7.11 Å². The minimum Gasteiger partial charge on any atom is -0.497 e. The normalized spacial score (nSPS) is 18.7. The molecule has 2 aromatic heterocycles. The van der Waals surface area contributed by atoms with Gasteiger partial charge in [0.15, 0.2) is 5.69 Å². The highest BCUT2D eigenvalue weighted by molar-refractivity contribution is 5.94. The van der Waals surface area contributed by atoms with E-state index in [2.05, 4.69) is 15.6 Å². The predicted molar refractivity (Wildman–Crippen MR) is 115 cm³/mol. The maximum atomic E-state index is 13.0. The Morgan fingerprint density at radius 1 is 1.06 bits per heavy atom. The van der Waals surface area contributed by atoms with Gasteiger partial charge in [-0.3, -0.25) is 14.0 Å². The predicted octanol–water partition coefficient (Wildman–Crippen LogP) is 4.29. The zero-order valence-corrected chi connectivity index (χ0v) is 17.9. The molecule has 1 aromatic carbocycles. The number of carbonyl (C=O) groups excluding carboxylic acids is 2. The van der Waals surface area contributed by atoms with Crippen molar-refractivity contribution in [1.82, 2.24) is 14.7 Å². The Bertz CT molecular complexity index is 1150. The SMILES string of the molecule is COc1ccc(C(=O)NC2CCC(C(=O)Nc3cccc4nc(C(F)(F)F)cn34)CC2)cc1. The molecule has 2 N–H and O–H groups in total. The first-order chi connectivity index (χ1) is 15.7. The molecule has 0 unspecified atom stereocenters. The van der Waals surface area contributed by atoms with Crippen molar-refractivity contribution in [2.75, 3.05) is 12.4 Å². The summed E-state index contributed by atoms with van der Waals surface area (Å²) < 4.78 is 45.3. The van der Waals surface area contributed by atoms with Crippen LogP contribution < -0.4 is 15.4 Å². The second-order valence-electron chi connectivity index (χ2n) is 8.00. The Morgan fingerprint density at radius 2 is 1.76 bits per heavy atom. The molecule has 1 saturated carbocycles. The monoisotopic (exact) mass is 460 g/mol. The summed E-state index contributed by atoms with van der Waals surface area (Å²) in [5.41, 5.74) is -0.385. The summed E-state index contributed by atoms with van der Waals surface area (Å²) in [6.07, 6.45) is -1.31. The van der Waals surface area contributed by atoms with Gasteiger partial charge in [-0.2, -0.15) is 13.2 Å². The highest BCUT2D eigenvalue weighted by atomic mass is 19.4. The van der Waals surface area contributed by atoms with Gasteiger partial charge in [-0.1, -0.05) is 6.07 Å². The number of methoxy groups -OCH3 is 1. The first kappa shape index (κ1) is 22.6. The van der Waals surface area contributed by atoms with Crippen LogP contribution in [0.3, 0.4) is 0 Å². The van der Waals surface area contributed by atoms with Crippen LogP contribution in [0.15, 0.2) is 48.7 Å². The van der Waals surface area contributed by atoms with Crippen molar-refractivity contribution in [1.29, 1.82) is 0 Å². The third kappa shape index (κ3) is 5.10. The Kier molecular flexibility index (Phi) is 6.26. The van der Waals surface area contributed by atoms with Crippen LogP contribution >= 0.6 is 0 Å². The van der Waals surface area contributed by atoms with Crippen LogP contribution in [0.2, 0.25) is 0 Å². The number of hydrogen-bond donors (Lipinski definition) is 2. The number of hydrogen-bond acceptors (Lipinski definition) is 4. The molecule has 1 fully saturated rings. The molecule has 10 heteroatoms. The van der Waals surface area contributed by atoms with Crippen molar-refractivity contribution >= 4 is 23.3 Å². The number of amides is 2. The molecule has 174 valence electrons. The number of aromatic nitrogens is 2. The van der Waals surface area contributed by atoms with Gasteiger partial charge in [-0.05, 0) is 62.1 Å². The first-order valence-corrected chi connectivity index (χ1v) is 10.6. The molecule has 2 amide bonds. The molecule has 33 heavy (non-hydrogen) atoms. The van der Waals surface area contributed by atoms with Crippen molar-refractivity contribution < 1.29 is 27.5 Å². The Morgan fingerprint density at radius 3 is 2.39 bits per heavy atom. The lowest BCUT2D eigenvalue weighted by atomic mass is 9.85. The summed E-state index contributed by atoms with van der Waals surface area (Å²) in [4.78, 5) is 28.8. The van der Waals surface area contributed by atoms with Gasteiger partial charge < -0.3 is 15.4 Å². The Labute approximate surface area is 188 Å². The summed E-state index contributed by atoms with van der Waals surface area (Å²) in [5.74, 6) is 0.164. The fourth-order valence-corrected chi connectivity index (χ4v) is 3.99. The van der Waals surface area contributed by atoms with E-state index in [0.29, 0.717) is 37.0 Å². The molecular formula is C23H23F3N4O3. The van der Waals surface area contributed by atoms with Gasteiger partial charge in [0.1, 0.15) is 17.2 Å². The number of carbonyl (C=O) groups is 2. The van der Waals surface area contributed by atoms with E-state index in [1.807, 2.05) is 0 Å². The quantitative estimate of drug-likeness (QED) is 0.595. The van der Waals surface area contributed by atoms with Gasteiger partial charge in [0.25, 0.3) is 5.91 Å². The number of imidazole rings is 1. The summed E-state index contributed by atoms with van der Waals surface area (Å²) >= 11 is 0. The molecule has 0 aliphatic heterocycles. The number of pyridine rings is 1. The minimum atomic E-state index is -4.57. The maximum Gasteiger partial charge on any atom is 0.434 e. The Hall–Kier alpha value is -3.56. The average molecular weight is 460 g/mol. The molecule has 0 radical (unpaired) electrons. The van der Waals surface area contributed by atoms with E-state index in [0.717, 1.165) is 6.20 Å². The van der Waals surface area contributed by atoms with Gasteiger partial charge in [0.2, 0.25) is 5.91 Å². The number of anilines is 1. The van der Waals surface area contributed by atoms with E-state index in [4.69, 9.17) is 4.74 Å². The van der Waals surface area contributed by atoms with Crippen LogP contribution in [-0.2, 0) is 11.0 Å². The van der Waals surface area contributed by atoms with E-state index in [9.17, 15) is 22.8 Å². The fourth-order valence-electron chi connectivity index (χ4n) is 3.99. The van der Waals surface area contributed by atoms with E-state index >= 15 is 0 Å². The van der Waals surface area contributed by atoms with Crippen molar-refractivity contribution in [3.8, 4) is 5.75 Å². The number of nitrogens with one attached hydrogen (secondary N) is 2. The number of fused-ring (bicyclic) bond motifs is 1. The largest absolute Gasteiger partial charge is 0.497 e. The number of rotatable bonds is 5. The standard InChI is InChI=1S/C23H23F3N4O3/c1-33-17-11-7-15(8-12-17)21(31)27-16-9-5-14(6-10-16)22(32)29-20-4-2-3-19-28-18(13-30(19)20)23(24,25)26/h2-4,7-8,11-14,16H,5-6,9-10H2,1H3,(H,27,31)(H,29,32). The summed E-state index contributed by atoms with van der Waals surface area (Å²) in [7, 11) is 1.55. The molecule has 1 aliphatic carbocycles. The molecule has 0 atom stereocenters. The van der Waals surface area contributed by atoms with Gasteiger partial charge in [0, 0.05) is 23.7 Å². The molecule has 0 spiro atoms. The number of alkyl halides is 3. The molecule has 0 bridgehead atoms. The lowest BCUT2D eigenvalue weighted by Gasteiger charge is -2.28. The summed E-state index contributed by atoms with van der Waals surface area (Å²) in [5, 5.41) is 5.72. The van der Waals surface area contributed by atoms with Crippen molar-refractivity contribution in [3.63, 3.8) is 0 Å².